The first-order valence-corrected chi connectivity index (χ1v) is 13.1. The van der Waals surface area contributed by atoms with Gasteiger partial charge in [-0.15, -0.1) is 10.2 Å². The SMILES string of the molecule is CC(=O)c1ccc(N(C(=O)Cn2nnc(-c3ccccc3)n2)[C@@H](C(=O)NC2CCCCC2)c2ccco2)cc1. The number of Topliss-reactive ketones (excluding diaryl/α,β-unsaturated/α-hetero) is 1. The van der Waals surface area contributed by atoms with Crippen LogP contribution in [0.4, 0.5) is 5.69 Å². The first kappa shape index (κ1) is 26.0. The van der Waals surface area contributed by atoms with Crippen molar-refractivity contribution in [2.45, 2.75) is 57.7 Å². The Balaban J connectivity index is 1.48. The Morgan fingerprint density at radius 3 is 2.41 bits per heavy atom. The summed E-state index contributed by atoms with van der Waals surface area (Å²) in [5.41, 5.74) is 1.71. The number of hydrogen-bond acceptors (Lipinski definition) is 7. The predicted molar refractivity (Wildman–Crippen MR) is 144 cm³/mol. The number of carbonyl (C=O) groups excluding carboxylic acids is 3. The summed E-state index contributed by atoms with van der Waals surface area (Å²) in [5.74, 6) is -0.167. The van der Waals surface area contributed by atoms with Gasteiger partial charge >= 0.3 is 0 Å². The second kappa shape index (κ2) is 11.8. The van der Waals surface area contributed by atoms with Crippen molar-refractivity contribution in [1.82, 2.24) is 25.5 Å². The molecule has 200 valence electrons. The van der Waals surface area contributed by atoms with E-state index in [1.165, 1.54) is 22.9 Å². The summed E-state index contributed by atoms with van der Waals surface area (Å²) in [7, 11) is 0. The lowest BCUT2D eigenvalue weighted by Gasteiger charge is -2.32. The Kier molecular flexibility index (Phi) is 7.91. The number of furan rings is 1. The molecule has 1 aliphatic carbocycles. The van der Waals surface area contributed by atoms with E-state index in [2.05, 4.69) is 20.7 Å². The number of amides is 2. The zero-order valence-corrected chi connectivity index (χ0v) is 21.7. The minimum Gasteiger partial charge on any atom is -0.467 e. The van der Waals surface area contributed by atoms with E-state index in [9.17, 15) is 14.4 Å². The van der Waals surface area contributed by atoms with Gasteiger partial charge in [0.1, 0.15) is 12.3 Å². The number of ketones is 1. The van der Waals surface area contributed by atoms with Gasteiger partial charge in [-0.05, 0) is 61.4 Å². The topological polar surface area (TPSA) is 123 Å². The molecule has 4 aromatic rings. The van der Waals surface area contributed by atoms with Crippen LogP contribution in [0.2, 0.25) is 0 Å². The van der Waals surface area contributed by atoms with Crippen molar-refractivity contribution < 1.29 is 18.8 Å². The second-order valence-corrected chi connectivity index (χ2v) is 9.64. The number of hydrogen-bond donors (Lipinski definition) is 1. The van der Waals surface area contributed by atoms with Crippen LogP contribution in [0.15, 0.2) is 77.4 Å². The van der Waals surface area contributed by atoms with Crippen LogP contribution in [-0.4, -0.2) is 43.8 Å². The maximum Gasteiger partial charge on any atom is 0.251 e. The molecule has 2 amide bonds. The fraction of sp³-hybridized carbons (Fsp3) is 0.310. The van der Waals surface area contributed by atoms with Crippen molar-refractivity contribution in [3.63, 3.8) is 0 Å². The molecule has 0 unspecified atom stereocenters. The molecule has 0 bridgehead atoms. The highest BCUT2D eigenvalue weighted by molar-refractivity contribution is 6.01. The zero-order chi connectivity index (χ0) is 27.2. The van der Waals surface area contributed by atoms with E-state index >= 15 is 0 Å². The number of tetrazole rings is 1. The van der Waals surface area contributed by atoms with Gasteiger partial charge in [-0.25, -0.2) is 0 Å². The summed E-state index contributed by atoms with van der Waals surface area (Å²) in [4.78, 5) is 42.2. The lowest BCUT2D eigenvalue weighted by Crippen LogP contribution is -2.48. The average molecular weight is 527 g/mol. The molecule has 0 aliphatic heterocycles. The van der Waals surface area contributed by atoms with Gasteiger partial charge in [0.25, 0.3) is 11.8 Å². The van der Waals surface area contributed by atoms with Crippen LogP contribution < -0.4 is 10.2 Å². The molecule has 0 radical (unpaired) electrons. The molecule has 2 aromatic carbocycles. The van der Waals surface area contributed by atoms with Gasteiger partial charge in [0.2, 0.25) is 5.82 Å². The third-order valence-corrected chi connectivity index (χ3v) is 6.85. The van der Waals surface area contributed by atoms with Crippen molar-refractivity contribution in [2.24, 2.45) is 0 Å². The fourth-order valence-corrected chi connectivity index (χ4v) is 4.85. The maximum absolute atomic E-state index is 13.9. The van der Waals surface area contributed by atoms with Crippen LogP contribution in [0.3, 0.4) is 0 Å². The highest BCUT2D eigenvalue weighted by Gasteiger charge is 2.36. The van der Waals surface area contributed by atoms with Crippen LogP contribution >= 0.6 is 0 Å². The van der Waals surface area contributed by atoms with E-state index in [4.69, 9.17) is 4.42 Å². The summed E-state index contributed by atoms with van der Waals surface area (Å²) in [6.45, 7) is 1.21. The van der Waals surface area contributed by atoms with Crippen molar-refractivity contribution in [1.29, 1.82) is 0 Å². The van der Waals surface area contributed by atoms with E-state index in [1.54, 1.807) is 36.4 Å². The molecule has 0 spiro atoms. The van der Waals surface area contributed by atoms with Gasteiger partial charge in [0.15, 0.2) is 11.8 Å². The molecule has 1 aliphatic rings. The minimum atomic E-state index is -1.07. The van der Waals surface area contributed by atoms with E-state index in [1.807, 2.05) is 30.3 Å². The molecule has 10 heteroatoms. The smallest absolute Gasteiger partial charge is 0.251 e. The number of anilines is 1. The van der Waals surface area contributed by atoms with Gasteiger partial charge in [-0.3, -0.25) is 19.3 Å². The summed E-state index contributed by atoms with van der Waals surface area (Å²) >= 11 is 0. The van der Waals surface area contributed by atoms with Crippen molar-refractivity contribution in [3.05, 3.63) is 84.3 Å². The Labute approximate surface area is 226 Å². The zero-order valence-electron chi connectivity index (χ0n) is 21.7. The number of carbonyl (C=O) groups is 3. The Bertz CT molecular complexity index is 1410. The second-order valence-electron chi connectivity index (χ2n) is 9.64. The quantitative estimate of drug-likeness (QED) is 0.322. The number of nitrogens with one attached hydrogen (secondary N) is 1. The van der Waals surface area contributed by atoms with E-state index in [0.29, 0.717) is 22.8 Å². The average Bonchev–Trinajstić information content (AvgIpc) is 3.65. The molecule has 0 saturated heterocycles. The number of benzene rings is 2. The lowest BCUT2D eigenvalue weighted by molar-refractivity contribution is -0.128. The molecular weight excluding hydrogens is 496 g/mol. The highest BCUT2D eigenvalue weighted by atomic mass is 16.3. The molecule has 10 nitrogen and oxygen atoms in total. The molecule has 2 aromatic heterocycles. The summed E-state index contributed by atoms with van der Waals surface area (Å²) in [6.07, 6.45) is 6.51. The molecule has 1 saturated carbocycles. The third-order valence-electron chi connectivity index (χ3n) is 6.85. The molecule has 5 rings (SSSR count). The standard InChI is InChI=1S/C29H30N6O4/c1-20(36)21-14-16-24(17-15-21)35(26(37)19-34-32-28(31-33-34)22-9-4-2-5-10-22)27(25-13-8-18-39-25)29(38)30-23-11-6-3-7-12-23/h2,4-5,8-10,13-18,23,27H,3,6-7,11-12,19H2,1H3,(H,30,38)/t27-/m1/s1. The van der Waals surface area contributed by atoms with Gasteiger partial charge in [-0.2, -0.15) is 4.80 Å². The minimum absolute atomic E-state index is 0.0335. The molecule has 1 atom stereocenters. The molecule has 1 fully saturated rings. The van der Waals surface area contributed by atoms with Gasteiger partial charge < -0.3 is 9.73 Å². The summed E-state index contributed by atoms with van der Waals surface area (Å²) in [5, 5.41) is 15.7. The Morgan fingerprint density at radius 1 is 1.00 bits per heavy atom. The van der Waals surface area contributed by atoms with E-state index in [-0.39, 0.29) is 24.3 Å². The first-order chi connectivity index (χ1) is 19.0. The molecular formula is C29H30N6O4. The van der Waals surface area contributed by atoms with Crippen molar-refractivity contribution >= 4 is 23.3 Å². The highest BCUT2D eigenvalue weighted by Crippen LogP contribution is 2.30. The lowest BCUT2D eigenvalue weighted by atomic mass is 9.95. The normalized spacial score (nSPS) is 14.5. The number of rotatable bonds is 9. The van der Waals surface area contributed by atoms with E-state index < -0.39 is 11.9 Å². The number of nitrogens with zero attached hydrogens (tertiary/aromatic N) is 5. The fourth-order valence-electron chi connectivity index (χ4n) is 4.85. The van der Waals surface area contributed by atoms with Crippen LogP contribution in [0.1, 0.15) is 61.2 Å². The van der Waals surface area contributed by atoms with Crippen LogP contribution in [-0.2, 0) is 16.1 Å². The van der Waals surface area contributed by atoms with Crippen LogP contribution in [0.5, 0.6) is 0 Å². The largest absolute Gasteiger partial charge is 0.467 e. The Morgan fingerprint density at radius 2 is 1.74 bits per heavy atom. The molecule has 2 heterocycles. The van der Waals surface area contributed by atoms with E-state index in [0.717, 1.165) is 37.7 Å². The van der Waals surface area contributed by atoms with Crippen LogP contribution in [0.25, 0.3) is 11.4 Å². The Hall–Kier alpha value is -4.60. The molecule has 39 heavy (non-hydrogen) atoms. The monoisotopic (exact) mass is 526 g/mol. The summed E-state index contributed by atoms with van der Waals surface area (Å²) in [6, 6.07) is 18.2. The third kappa shape index (κ3) is 6.11. The first-order valence-electron chi connectivity index (χ1n) is 13.1. The van der Waals surface area contributed by atoms with Crippen LogP contribution in [0, 0.1) is 0 Å². The van der Waals surface area contributed by atoms with Crippen molar-refractivity contribution in [3.8, 4) is 11.4 Å². The van der Waals surface area contributed by atoms with Gasteiger partial charge in [-0.1, -0.05) is 49.6 Å². The maximum atomic E-state index is 13.9. The van der Waals surface area contributed by atoms with Crippen molar-refractivity contribution in [2.75, 3.05) is 4.90 Å². The van der Waals surface area contributed by atoms with Gasteiger partial charge in [0, 0.05) is 22.9 Å². The summed E-state index contributed by atoms with van der Waals surface area (Å²) < 4.78 is 5.67. The number of aromatic nitrogens is 4. The van der Waals surface area contributed by atoms with Gasteiger partial charge in [0.05, 0.1) is 6.26 Å². The molecule has 1 N–H and O–H groups in total. The predicted octanol–water partition coefficient (Wildman–Crippen LogP) is 4.36.